The first kappa shape index (κ1) is 21.9. The highest BCUT2D eigenvalue weighted by Gasteiger charge is 2.25. The van der Waals surface area contributed by atoms with Crippen LogP contribution in [0.3, 0.4) is 0 Å². The van der Waals surface area contributed by atoms with Gasteiger partial charge in [-0.3, -0.25) is 4.79 Å². The van der Waals surface area contributed by atoms with Crippen LogP contribution in [0.4, 0.5) is 5.69 Å². The van der Waals surface area contributed by atoms with Gasteiger partial charge in [-0.05, 0) is 30.9 Å². The van der Waals surface area contributed by atoms with Crippen molar-refractivity contribution in [3.8, 4) is 17.1 Å². The van der Waals surface area contributed by atoms with Crippen molar-refractivity contribution in [1.82, 2.24) is 9.71 Å². The highest BCUT2D eigenvalue weighted by Crippen LogP contribution is 2.32. The molecule has 1 heterocycles. The van der Waals surface area contributed by atoms with Gasteiger partial charge >= 0.3 is 0 Å². The second kappa shape index (κ2) is 9.70. The molecule has 0 radical (unpaired) electrons. The molecule has 0 bridgehead atoms. The molecule has 9 heteroatoms. The number of methoxy groups -OCH3 is 1. The summed E-state index contributed by atoms with van der Waals surface area (Å²) in [6.07, 6.45) is 3.76. The molecule has 0 unspecified atom stereocenters. The summed E-state index contributed by atoms with van der Waals surface area (Å²) >= 11 is 0. The average Bonchev–Trinajstić information content (AvgIpc) is 3.14. The second-order valence-corrected chi connectivity index (χ2v) is 8.76. The summed E-state index contributed by atoms with van der Waals surface area (Å²) in [4.78, 5) is 16.6. The fraction of sp³-hybridized carbons (Fsp3) is 0.474. The predicted molar refractivity (Wildman–Crippen MR) is 108 cm³/mol. The van der Waals surface area contributed by atoms with Gasteiger partial charge in [0.25, 0.3) is 0 Å². The number of rotatable bonds is 10. The molecule has 2 N–H and O–H groups in total. The first-order valence-corrected chi connectivity index (χ1v) is 10.8. The van der Waals surface area contributed by atoms with Crippen LogP contribution in [0, 0.1) is 5.92 Å². The molecule has 1 amide bonds. The van der Waals surface area contributed by atoms with E-state index in [-0.39, 0.29) is 11.7 Å². The fourth-order valence-corrected chi connectivity index (χ4v) is 4.07. The number of anilines is 1. The number of oxazole rings is 1. The summed E-state index contributed by atoms with van der Waals surface area (Å²) in [5.74, 6) is 0.752. The van der Waals surface area contributed by atoms with Gasteiger partial charge in [0.2, 0.25) is 15.9 Å². The number of benzene rings is 1. The average molecular weight is 410 g/mol. The van der Waals surface area contributed by atoms with Gasteiger partial charge in [0.1, 0.15) is 11.8 Å². The zero-order valence-electron chi connectivity index (χ0n) is 16.6. The normalized spacial score (nSPS) is 12.8. The smallest absolute Gasteiger partial charge is 0.242 e. The van der Waals surface area contributed by atoms with E-state index in [0.29, 0.717) is 35.6 Å². The van der Waals surface area contributed by atoms with Crippen LogP contribution in [0.25, 0.3) is 11.3 Å². The Balaban J connectivity index is 2.20. The van der Waals surface area contributed by atoms with Crippen LogP contribution in [0.2, 0.25) is 0 Å². The Morgan fingerprint density at radius 1 is 1.32 bits per heavy atom. The molecule has 1 atom stereocenters. The Labute approximate surface area is 165 Å². The molecule has 0 aliphatic heterocycles. The van der Waals surface area contributed by atoms with Crippen LogP contribution in [-0.4, -0.2) is 38.2 Å². The van der Waals surface area contributed by atoms with E-state index >= 15 is 0 Å². The third-order valence-electron chi connectivity index (χ3n) is 3.99. The van der Waals surface area contributed by atoms with Crippen molar-refractivity contribution < 1.29 is 22.4 Å². The van der Waals surface area contributed by atoms with E-state index in [0.717, 1.165) is 0 Å². The van der Waals surface area contributed by atoms with Gasteiger partial charge in [0.15, 0.2) is 12.2 Å². The lowest BCUT2D eigenvalue weighted by atomic mass is 10.0. The summed E-state index contributed by atoms with van der Waals surface area (Å²) in [5.41, 5.74) is 1.19. The number of nitrogens with zero attached hydrogens (tertiary/aromatic N) is 1. The number of carbonyl (C=O) groups excluding carboxylic acids is 1. The van der Waals surface area contributed by atoms with Crippen LogP contribution >= 0.6 is 0 Å². The van der Waals surface area contributed by atoms with E-state index in [1.807, 2.05) is 13.8 Å². The van der Waals surface area contributed by atoms with Gasteiger partial charge < -0.3 is 14.5 Å². The fourth-order valence-electron chi connectivity index (χ4n) is 2.78. The van der Waals surface area contributed by atoms with Gasteiger partial charge in [-0.25, -0.2) is 18.1 Å². The maximum atomic E-state index is 12.7. The molecule has 1 aromatic carbocycles. The molecular weight excluding hydrogens is 382 g/mol. The Bertz CT molecular complexity index is 879. The second-order valence-electron chi connectivity index (χ2n) is 6.89. The monoisotopic (exact) mass is 409 g/mol. The molecule has 1 aromatic heterocycles. The standard InChI is InChI=1S/C19H27N3O5S/c1-5-8-28(24,25)22-16(9-13(2)3)19(23)21-14-6-7-15(17(10-14)26-4)18-11-20-12-27-18/h6-7,10-13,16,22H,5,8-9H2,1-4H3,(H,21,23)/t16-/m1/s1. The Morgan fingerprint density at radius 3 is 2.64 bits per heavy atom. The minimum absolute atomic E-state index is 0.0193. The SMILES string of the molecule is CCCS(=O)(=O)N[C@H](CC(C)C)C(=O)Nc1ccc(-c2cnco2)c(OC)c1. The maximum absolute atomic E-state index is 12.7. The van der Waals surface area contributed by atoms with Crippen LogP contribution in [-0.2, 0) is 14.8 Å². The number of ether oxygens (including phenoxy) is 1. The molecular formula is C19H27N3O5S. The zero-order chi connectivity index (χ0) is 20.7. The minimum atomic E-state index is -3.52. The minimum Gasteiger partial charge on any atom is -0.496 e. The lowest BCUT2D eigenvalue weighted by Gasteiger charge is -2.20. The van der Waals surface area contributed by atoms with Gasteiger partial charge in [-0.1, -0.05) is 20.8 Å². The Morgan fingerprint density at radius 2 is 2.07 bits per heavy atom. The number of aromatic nitrogens is 1. The van der Waals surface area contributed by atoms with Gasteiger partial charge in [-0.15, -0.1) is 0 Å². The molecule has 2 rings (SSSR count). The summed E-state index contributed by atoms with van der Waals surface area (Å²) in [5, 5.41) is 2.77. The molecule has 0 fully saturated rings. The van der Waals surface area contributed by atoms with E-state index in [2.05, 4.69) is 15.0 Å². The molecule has 28 heavy (non-hydrogen) atoms. The number of amides is 1. The number of nitrogens with one attached hydrogen (secondary N) is 2. The van der Waals surface area contributed by atoms with E-state index in [1.54, 1.807) is 31.3 Å². The highest BCUT2D eigenvalue weighted by molar-refractivity contribution is 7.89. The van der Waals surface area contributed by atoms with Gasteiger partial charge in [0.05, 0.1) is 24.6 Å². The molecule has 0 aliphatic carbocycles. The van der Waals surface area contributed by atoms with Crippen LogP contribution in [0.1, 0.15) is 33.6 Å². The zero-order valence-corrected chi connectivity index (χ0v) is 17.4. The van der Waals surface area contributed by atoms with Crippen molar-refractivity contribution in [1.29, 1.82) is 0 Å². The number of hydrogen-bond acceptors (Lipinski definition) is 6. The molecule has 154 valence electrons. The Kier molecular flexibility index (Phi) is 7.59. The first-order chi connectivity index (χ1) is 13.3. The molecule has 0 saturated heterocycles. The van der Waals surface area contributed by atoms with Crippen molar-refractivity contribution in [2.24, 2.45) is 5.92 Å². The first-order valence-electron chi connectivity index (χ1n) is 9.13. The van der Waals surface area contributed by atoms with Crippen molar-refractivity contribution in [3.63, 3.8) is 0 Å². The number of carbonyl (C=O) groups is 1. The van der Waals surface area contributed by atoms with E-state index < -0.39 is 22.0 Å². The molecule has 2 aromatic rings. The molecule has 8 nitrogen and oxygen atoms in total. The summed E-state index contributed by atoms with van der Waals surface area (Å²) < 4.78 is 37.4. The predicted octanol–water partition coefficient (Wildman–Crippen LogP) is 3.03. The quantitative estimate of drug-likeness (QED) is 0.624. The van der Waals surface area contributed by atoms with Crippen LogP contribution in [0.5, 0.6) is 5.75 Å². The maximum Gasteiger partial charge on any atom is 0.242 e. The van der Waals surface area contributed by atoms with E-state index in [9.17, 15) is 13.2 Å². The van der Waals surface area contributed by atoms with Gasteiger partial charge in [-0.2, -0.15) is 0 Å². The van der Waals surface area contributed by atoms with Crippen molar-refractivity contribution in [2.75, 3.05) is 18.2 Å². The molecule has 0 saturated carbocycles. The van der Waals surface area contributed by atoms with Crippen LogP contribution < -0.4 is 14.8 Å². The lowest BCUT2D eigenvalue weighted by molar-refractivity contribution is -0.118. The largest absolute Gasteiger partial charge is 0.496 e. The van der Waals surface area contributed by atoms with Crippen molar-refractivity contribution in [3.05, 3.63) is 30.8 Å². The highest BCUT2D eigenvalue weighted by atomic mass is 32.2. The lowest BCUT2D eigenvalue weighted by Crippen LogP contribution is -2.45. The number of hydrogen-bond donors (Lipinski definition) is 2. The third kappa shape index (κ3) is 6.07. The number of sulfonamides is 1. The topological polar surface area (TPSA) is 111 Å². The van der Waals surface area contributed by atoms with Crippen LogP contribution in [0.15, 0.2) is 35.2 Å². The third-order valence-corrected chi connectivity index (χ3v) is 5.57. The van der Waals surface area contributed by atoms with E-state index in [4.69, 9.17) is 9.15 Å². The summed E-state index contributed by atoms with van der Waals surface area (Å²) in [6.45, 7) is 5.65. The summed E-state index contributed by atoms with van der Waals surface area (Å²) in [6, 6.07) is 4.25. The van der Waals surface area contributed by atoms with Crippen molar-refractivity contribution >= 4 is 21.6 Å². The van der Waals surface area contributed by atoms with Crippen molar-refractivity contribution in [2.45, 2.75) is 39.7 Å². The van der Waals surface area contributed by atoms with Gasteiger partial charge in [0, 0.05) is 11.8 Å². The molecule has 0 aliphatic rings. The summed E-state index contributed by atoms with van der Waals surface area (Å²) in [7, 11) is -2.00. The molecule has 0 spiro atoms. The Hall–Kier alpha value is -2.39. The van der Waals surface area contributed by atoms with E-state index in [1.165, 1.54) is 13.5 Å².